The van der Waals surface area contributed by atoms with Crippen molar-refractivity contribution in [2.75, 3.05) is 17.9 Å². The number of carboxylic acids is 1. The number of urea groups is 1. The van der Waals surface area contributed by atoms with Crippen LogP contribution in [0.5, 0.6) is 11.5 Å². The van der Waals surface area contributed by atoms with Gasteiger partial charge in [-0.1, -0.05) is 36.7 Å². The molecule has 0 spiro atoms. The van der Waals surface area contributed by atoms with Crippen LogP contribution in [0.3, 0.4) is 0 Å². The minimum Gasteiger partial charge on any atom is -0.481 e. The second-order valence-electron chi connectivity index (χ2n) is 7.20. The van der Waals surface area contributed by atoms with Crippen molar-refractivity contribution in [1.82, 2.24) is 9.88 Å². The number of ether oxygens (including phenoxy) is 2. The van der Waals surface area contributed by atoms with E-state index in [1.165, 1.54) is 29.5 Å². The number of anilines is 1. The first-order valence-corrected chi connectivity index (χ1v) is 11.7. The number of carboxylic acid groups (broad SMARTS) is 1. The number of thiazole rings is 1. The number of benzene rings is 1. The summed E-state index contributed by atoms with van der Waals surface area (Å²) in [4.78, 5) is 30.0. The highest BCUT2D eigenvalue weighted by molar-refractivity contribution is 8.01. The molecule has 2 aromatic rings. The average molecular weight is 450 g/mol. The Hall–Kier alpha value is -2.46. The van der Waals surface area contributed by atoms with Crippen molar-refractivity contribution in [2.45, 2.75) is 48.9 Å². The Balaban J connectivity index is 1.46. The van der Waals surface area contributed by atoms with Gasteiger partial charge in [-0.15, -0.1) is 11.8 Å². The number of carbonyl (C=O) groups excluding carboxylic acids is 1. The smallest absolute Gasteiger partial charge is 0.324 e. The monoisotopic (exact) mass is 449 g/mol. The molecule has 2 N–H and O–H groups in total. The molecule has 2 amide bonds. The molecular weight excluding hydrogens is 426 g/mol. The second-order valence-corrected chi connectivity index (χ2v) is 9.51. The molecule has 0 atom stereocenters. The predicted octanol–water partition coefficient (Wildman–Crippen LogP) is 4.42. The minimum absolute atomic E-state index is 0.0338. The molecule has 10 heteroatoms. The summed E-state index contributed by atoms with van der Waals surface area (Å²) < 4.78 is 11.6. The summed E-state index contributed by atoms with van der Waals surface area (Å²) in [6, 6.07) is 5.74. The lowest BCUT2D eigenvalue weighted by atomic mass is 9.94. The maximum Gasteiger partial charge on any atom is 0.324 e. The molecule has 30 heavy (non-hydrogen) atoms. The number of nitrogens with one attached hydrogen (secondary N) is 1. The van der Waals surface area contributed by atoms with Crippen molar-refractivity contribution in [3.05, 3.63) is 30.0 Å². The summed E-state index contributed by atoms with van der Waals surface area (Å²) in [6.07, 6.45) is 6.99. The first kappa shape index (κ1) is 20.8. The molecule has 2 heterocycles. The number of hydrogen-bond donors (Lipinski definition) is 2. The van der Waals surface area contributed by atoms with Crippen LogP contribution in [0, 0.1) is 0 Å². The van der Waals surface area contributed by atoms with E-state index in [1.807, 2.05) is 23.1 Å². The summed E-state index contributed by atoms with van der Waals surface area (Å²) in [6.45, 7) is 0.691. The lowest BCUT2D eigenvalue weighted by molar-refractivity contribution is -0.133. The fourth-order valence-electron chi connectivity index (χ4n) is 3.68. The van der Waals surface area contributed by atoms with Crippen LogP contribution < -0.4 is 14.8 Å². The van der Waals surface area contributed by atoms with E-state index in [-0.39, 0.29) is 24.6 Å². The van der Waals surface area contributed by atoms with Gasteiger partial charge >= 0.3 is 12.0 Å². The third-order valence-corrected chi connectivity index (χ3v) is 7.19. The molecule has 8 nitrogen and oxygen atoms in total. The van der Waals surface area contributed by atoms with Crippen LogP contribution >= 0.6 is 23.1 Å². The lowest BCUT2D eigenvalue weighted by Crippen LogP contribution is -2.43. The van der Waals surface area contributed by atoms with Crippen LogP contribution in [0.2, 0.25) is 0 Å². The van der Waals surface area contributed by atoms with E-state index in [9.17, 15) is 9.59 Å². The molecule has 160 valence electrons. The number of thioether (sulfide) groups is 1. The maximum absolute atomic E-state index is 13.1. The van der Waals surface area contributed by atoms with Crippen molar-refractivity contribution in [3.63, 3.8) is 0 Å². The number of carbonyl (C=O) groups is 2. The fourth-order valence-corrected chi connectivity index (χ4v) is 5.26. The largest absolute Gasteiger partial charge is 0.481 e. The maximum atomic E-state index is 13.1. The van der Waals surface area contributed by atoms with E-state index in [2.05, 4.69) is 10.3 Å². The summed E-state index contributed by atoms with van der Waals surface area (Å²) in [5.74, 6) is 0.512. The third kappa shape index (κ3) is 5.17. The zero-order chi connectivity index (χ0) is 20.9. The van der Waals surface area contributed by atoms with E-state index in [1.54, 1.807) is 6.20 Å². The van der Waals surface area contributed by atoms with Gasteiger partial charge in [-0.2, -0.15) is 0 Å². The van der Waals surface area contributed by atoms with Gasteiger partial charge in [-0.25, -0.2) is 9.78 Å². The minimum atomic E-state index is -0.883. The topological polar surface area (TPSA) is 101 Å². The molecule has 1 aromatic carbocycles. The number of fused-ring (bicyclic) bond motifs is 1. The normalized spacial score (nSPS) is 15.7. The molecule has 0 unspecified atom stereocenters. The predicted molar refractivity (Wildman–Crippen MR) is 114 cm³/mol. The van der Waals surface area contributed by atoms with Gasteiger partial charge in [0.05, 0.1) is 16.2 Å². The molecular formula is C20H23N3O5S2. The highest BCUT2D eigenvalue weighted by Crippen LogP contribution is 2.34. The van der Waals surface area contributed by atoms with Gasteiger partial charge in [0.25, 0.3) is 0 Å². The fraction of sp³-hybridized carbons (Fsp3) is 0.450. The van der Waals surface area contributed by atoms with Crippen molar-refractivity contribution in [1.29, 1.82) is 0 Å². The van der Waals surface area contributed by atoms with Crippen molar-refractivity contribution >= 4 is 40.2 Å². The van der Waals surface area contributed by atoms with Crippen LogP contribution in [-0.2, 0) is 11.3 Å². The highest BCUT2D eigenvalue weighted by Gasteiger charge is 2.27. The van der Waals surface area contributed by atoms with Crippen LogP contribution in [0.4, 0.5) is 9.93 Å². The van der Waals surface area contributed by atoms with E-state index in [0.29, 0.717) is 17.4 Å². The van der Waals surface area contributed by atoms with E-state index < -0.39 is 5.97 Å². The Morgan fingerprint density at radius 3 is 2.83 bits per heavy atom. The van der Waals surface area contributed by atoms with Gasteiger partial charge < -0.3 is 19.5 Å². The van der Waals surface area contributed by atoms with Gasteiger partial charge in [0, 0.05) is 12.6 Å². The molecule has 0 bridgehead atoms. The average Bonchev–Trinajstić information content (AvgIpc) is 3.39. The van der Waals surface area contributed by atoms with Gasteiger partial charge in [0.2, 0.25) is 6.79 Å². The van der Waals surface area contributed by atoms with E-state index in [4.69, 9.17) is 14.6 Å². The first-order chi connectivity index (χ1) is 14.6. The zero-order valence-corrected chi connectivity index (χ0v) is 18.0. The van der Waals surface area contributed by atoms with Gasteiger partial charge in [0.1, 0.15) is 0 Å². The third-order valence-electron chi connectivity index (χ3n) is 5.10. The summed E-state index contributed by atoms with van der Waals surface area (Å²) in [5, 5.41) is 12.2. The molecule has 1 aliphatic carbocycles. The van der Waals surface area contributed by atoms with Gasteiger partial charge in [0.15, 0.2) is 16.6 Å². The van der Waals surface area contributed by atoms with Crippen molar-refractivity contribution < 1.29 is 24.2 Å². The van der Waals surface area contributed by atoms with E-state index in [0.717, 1.165) is 41.2 Å². The molecule has 1 fully saturated rings. The number of hydrogen-bond acceptors (Lipinski definition) is 7. The second kappa shape index (κ2) is 9.57. The Morgan fingerprint density at radius 2 is 2.03 bits per heavy atom. The number of aromatic nitrogens is 1. The SMILES string of the molecule is O=C(O)CSc1cnc(NC(=O)N(Cc2ccc3c(c2)OCO3)C2CCCCC2)s1. The van der Waals surface area contributed by atoms with Crippen molar-refractivity contribution in [2.24, 2.45) is 0 Å². The molecule has 4 rings (SSSR count). The van der Waals surface area contributed by atoms with E-state index >= 15 is 0 Å². The molecule has 2 aliphatic rings. The van der Waals surface area contributed by atoms with Crippen LogP contribution in [0.1, 0.15) is 37.7 Å². The molecule has 1 aliphatic heterocycles. The Labute approximate surface area is 182 Å². The van der Waals surface area contributed by atoms with Gasteiger partial charge in [-0.05, 0) is 30.5 Å². The zero-order valence-electron chi connectivity index (χ0n) is 16.3. The standard InChI is InChI=1S/C20H23N3O5S2/c24-17(25)11-29-18-9-21-19(30-18)22-20(26)23(14-4-2-1-3-5-14)10-13-6-7-15-16(8-13)28-12-27-15/h6-9,14H,1-5,10-12H2,(H,24,25)(H,21,22,26). The van der Waals surface area contributed by atoms with Crippen LogP contribution in [0.25, 0.3) is 0 Å². The Kier molecular flexibility index (Phi) is 6.63. The summed E-state index contributed by atoms with van der Waals surface area (Å²) in [7, 11) is 0. The molecule has 0 radical (unpaired) electrons. The molecule has 1 saturated carbocycles. The Bertz CT molecular complexity index is 914. The Morgan fingerprint density at radius 1 is 1.23 bits per heavy atom. The summed E-state index contributed by atoms with van der Waals surface area (Å²) in [5.41, 5.74) is 0.983. The number of aliphatic carboxylic acids is 1. The lowest BCUT2D eigenvalue weighted by Gasteiger charge is -2.34. The molecule has 0 saturated heterocycles. The molecule has 1 aromatic heterocycles. The van der Waals surface area contributed by atoms with Crippen LogP contribution in [0.15, 0.2) is 28.6 Å². The first-order valence-electron chi connectivity index (χ1n) is 9.85. The number of rotatable bonds is 7. The number of nitrogens with zero attached hydrogens (tertiary/aromatic N) is 2. The van der Waals surface area contributed by atoms with Crippen molar-refractivity contribution in [3.8, 4) is 11.5 Å². The van der Waals surface area contributed by atoms with Crippen LogP contribution in [-0.4, -0.2) is 45.6 Å². The van der Waals surface area contributed by atoms with Gasteiger partial charge in [-0.3, -0.25) is 10.1 Å². The quantitative estimate of drug-likeness (QED) is 0.604. The highest BCUT2D eigenvalue weighted by atomic mass is 32.2. The number of amides is 2. The summed E-state index contributed by atoms with van der Waals surface area (Å²) >= 11 is 2.48.